The third-order valence-electron chi connectivity index (χ3n) is 3.01. The predicted molar refractivity (Wildman–Crippen MR) is 66.7 cm³/mol. The molecule has 1 amide bonds. The van der Waals surface area contributed by atoms with Crippen molar-refractivity contribution in [1.82, 2.24) is 4.90 Å². The van der Waals surface area contributed by atoms with Crippen molar-refractivity contribution in [3.05, 3.63) is 0 Å². The second-order valence-corrected chi connectivity index (χ2v) is 4.32. The topological polar surface area (TPSA) is 38.8 Å². The third kappa shape index (κ3) is 5.50. The maximum absolute atomic E-state index is 11.8. The smallest absolute Gasteiger partial charge is 0.222 e. The maximum atomic E-state index is 11.8. The summed E-state index contributed by atoms with van der Waals surface area (Å²) in [6, 6.07) is 0. The van der Waals surface area contributed by atoms with Gasteiger partial charge in [0.25, 0.3) is 0 Å². The number of carbonyl (C=O) groups is 1. The molecule has 1 fully saturated rings. The van der Waals surface area contributed by atoms with E-state index in [0.717, 1.165) is 32.4 Å². The van der Waals surface area contributed by atoms with E-state index in [4.69, 9.17) is 9.47 Å². The number of rotatable bonds is 7. The number of hydrogen-bond acceptors (Lipinski definition) is 3. The van der Waals surface area contributed by atoms with Gasteiger partial charge in [0.1, 0.15) is 0 Å². The highest BCUT2D eigenvalue weighted by Gasteiger charge is 2.18. The first-order valence-corrected chi connectivity index (χ1v) is 6.78. The molecule has 0 saturated carbocycles. The Morgan fingerprint density at radius 1 is 1.18 bits per heavy atom. The van der Waals surface area contributed by atoms with E-state index < -0.39 is 0 Å². The van der Waals surface area contributed by atoms with E-state index in [1.807, 2.05) is 18.7 Å². The summed E-state index contributed by atoms with van der Waals surface area (Å²) in [5, 5.41) is 0. The van der Waals surface area contributed by atoms with Crippen LogP contribution >= 0.6 is 0 Å². The summed E-state index contributed by atoms with van der Waals surface area (Å²) in [4.78, 5) is 13.7. The van der Waals surface area contributed by atoms with Gasteiger partial charge in [-0.05, 0) is 26.7 Å². The van der Waals surface area contributed by atoms with E-state index in [9.17, 15) is 4.79 Å². The summed E-state index contributed by atoms with van der Waals surface area (Å²) in [5.74, 6) is 0.286. The maximum Gasteiger partial charge on any atom is 0.222 e. The number of likely N-dealkylation sites (tertiary alicyclic amines) is 1. The first-order valence-electron chi connectivity index (χ1n) is 6.78. The van der Waals surface area contributed by atoms with Gasteiger partial charge < -0.3 is 14.4 Å². The lowest BCUT2D eigenvalue weighted by molar-refractivity contribution is -0.146. The largest absolute Gasteiger partial charge is 0.353 e. The highest BCUT2D eigenvalue weighted by atomic mass is 16.7. The molecule has 0 aromatic rings. The summed E-state index contributed by atoms with van der Waals surface area (Å²) >= 11 is 0. The molecule has 100 valence electrons. The van der Waals surface area contributed by atoms with Crippen molar-refractivity contribution in [2.75, 3.05) is 26.3 Å². The molecule has 0 atom stereocenters. The number of nitrogens with zero attached hydrogens (tertiary/aromatic N) is 1. The first-order chi connectivity index (χ1) is 8.27. The Hall–Kier alpha value is -0.610. The van der Waals surface area contributed by atoms with Gasteiger partial charge in [-0.2, -0.15) is 0 Å². The van der Waals surface area contributed by atoms with Gasteiger partial charge in [-0.3, -0.25) is 4.79 Å². The van der Waals surface area contributed by atoms with E-state index >= 15 is 0 Å². The monoisotopic (exact) mass is 243 g/mol. The van der Waals surface area contributed by atoms with Crippen molar-refractivity contribution in [3.8, 4) is 0 Å². The Balaban J connectivity index is 2.32. The molecule has 0 spiro atoms. The minimum atomic E-state index is -0.166. The Kier molecular flexibility index (Phi) is 7.21. The van der Waals surface area contributed by atoms with Gasteiger partial charge in [-0.15, -0.1) is 0 Å². The van der Waals surface area contributed by atoms with Crippen LogP contribution in [0.5, 0.6) is 0 Å². The van der Waals surface area contributed by atoms with Crippen molar-refractivity contribution in [3.63, 3.8) is 0 Å². The van der Waals surface area contributed by atoms with Crippen molar-refractivity contribution in [1.29, 1.82) is 0 Å². The predicted octanol–water partition coefficient (Wildman–Crippen LogP) is 2.18. The Labute approximate surface area is 104 Å². The molecule has 0 radical (unpaired) electrons. The molecule has 1 aliphatic rings. The standard InChI is InChI=1S/C13H25NO3/c1-3-16-13(17-4-2)9-11-14-10-7-5-6-8-12(14)15/h13H,3-11H2,1-2H3. The normalized spacial score (nSPS) is 17.6. The number of hydrogen-bond donors (Lipinski definition) is 0. The van der Waals surface area contributed by atoms with E-state index in [-0.39, 0.29) is 12.2 Å². The van der Waals surface area contributed by atoms with Crippen LogP contribution in [0.25, 0.3) is 0 Å². The number of carbonyl (C=O) groups excluding carboxylic acids is 1. The highest BCUT2D eigenvalue weighted by Crippen LogP contribution is 2.12. The van der Waals surface area contributed by atoms with E-state index in [2.05, 4.69) is 0 Å². The van der Waals surface area contributed by atoms with Crippen LogP contribution in [0.4, 0.5) is 0 Å². The van der Waals surface area contributed by atoms with Gasteiger partial charge >= 0.3 is 0 Å². The lowest BCUT2D eigenvalue weighted by Gasteiger charge is -2.23. The molecule has 1 aliphatic heterocycles. The summed E-state index contributed by atoms with van der Waals surface area (Å²) < 4.78 is 11.0. The van der Waals surface area contributed by atoms with E-state index in [0.29, 0.717) is 19.6 Å². The van der Waals surface area contributed by atoms with Crippen LogP contribution in [0.15, 0.2) is 0 Å². The zero-order chi connectivity index (χ0) is 12.5. The van der Waals surface area contributed by atoms with Crippen LogP contribution in [0, 0.1) is 0 Å². The first kappa shape index (κ1) is 14.5. The van der Waals surface area contributed by atoms with Gasteiger partial charge in [-0.1, -0.05) is 6.42 Å². The van der Waals surface area contributed by atoms with E-state index in [1.165, 1.54) is 6.42 Å². The minimum Gasteiger partial charge on any atom is -0.353 e. The van der Waals surface area contributed by atoms with Crippen molar-refractivity contribution in [2.24, 2.45) is 0 Å². The van der Waals surface area contributed by atoms with Crippen LogP contribution in [0.2, 0.25) is 0 Å². The summed E-state index contributed by atoms with van der Waals surface area (Å²) in [6.07, 6.45) is 4.64. The average molecular weight is 243 g/mol. The molecule has 0 aliphatic carbocycles. The fraction of sp³-hybridized carbons (Fsp3) is 0.923. The molecular weight excluding hydrogens is 218 g/mol. The molecule has 1 saturated heterocycles. The molecule has 4 heteroatoms. The Morgan fingerprint density at radius 2 is 1.88 bits per heavy atom. The molecule has 0 bridgehead atoms. The zero-order valence-corrected chi connectivity index (χ0v) is 11.1. The lowest BCUT2D eigenvalue weighted by atomic mass is 10.2. The van der Waals surface area contributed by atoms with Crippen LogP contribution in [0.1, 0.15) is 46.0 Å². The van der Waals surface area contributed by atoms with Gasteiger partial charge in [0.15, 0.2) is 6.29 Å². The Morgan fingerprint density at radius 3 is 2.53 bits per heavy atom. The highest BCUT2D eigenvalue weighted by molar-refractivity contribution is 5.76. The van der Waals surface area contributed by atoms with Gasteiger partial charge in [-0.25, -0.2) is 0 Å². The molecule has 17 heavy (non-hydrogen) atoms. The fourth-order valence-corrected chi connectivity index (χ4v) is 2.12. The second kappa shape index (κ2) is 8.48. The molecule has 1 heterocycles. The summed E-state index contributed by atoms with van der Waals surface area (Å²) in [6.45, 7) is 6.87. The molecule has 4 nitrogen and oxygen atoms in total. The molecular formula is C13H25NO3. The quantitative estimate of drug-likeness (QED) is 0.643. The van der Waals surface area contributed by atoms with Crippen molar-refractivity contribution < 1.29 is 14.3 Å². The van der Waals surface area contributed by atoms with E-state index in [1.54, 1.807) is 0 Å². The summed E-state index contributed by atoms with van der Waals surface area (Å²) in [7, 11) is 0. The molecule has 1 rings (SSSR count). The van der Waals surface area contributed by atoms with Gasteiger partial charge in [0.2, 0.25) is 5.91 Å². The van der Waals surface area contributed by atoms with Gasteiger partial charge in [0, 0.05) is 39.1 Å². The van der Waals surface area contributed by atoms with Crippen molar-refractivity contribution in [2.45, 2.75) is 52.2 Å². The van der Waals surface area contributed by atoms with Crippen LogP contribution < -0.4 is 0 Å². The van der Waals surface area contributed by atoms with Gasteiger partial charge in [0.05, 0.1) is 0 Å². The minimum absolute atomic E-state index is 0.166. The zero-order valence-electron chi connectivity index (χ0n) is 11.1. The third-order valence-corrected chi connectivity index (χ3v) is 3.01. The van der Waals surface area contributed by atoms with Crippen LogP contribution in [-0.4, -0.2) is 43.4 Å². The van der Waals surface area contributed by atoms with Crippen LogP contribution in [0.3, 0.4) is 0 Å². The number of ether oxygens (including phenoxy) is 2. The SMILES string of the molecule is CCOC(CCN1CCCCCC1=O)OCC. The second-order valence-electron chi connectivity index (χ2n) is 4.32. The Bertz CT molecular complexity index is 215. The fourth-order valence-electron chi connectivity index (χ4n) is 2.12. The summed E-state index contributed by atoms with van der Waals surface area (Å²) in [5.41, 5.74) is 0. The number of amides is 1. The average Bonchev–Trinajstić information content (AvgIpc) is 2.52. The molecule has 0 unspecified atom stereocenters. The molecule has 0 N–H and O–H groups in total. The van der Waals surface area contributed by atoms with Crippen LogP contribution in [-0.2, 0) is 14.3 Å². The molecule has 0 aromatic heterocycles. The molecule has 0 aromatic carbocycles. The van der Waals surface area contributed by atoms with Crippen molar-refractivity contribution >= 4 is 5.91 Å². The lowest BCUT2D eigenvalue weighted by Crippen LogP contribution is -2.34.